The third-order valence-electron chi connectivity index (χ3n) is 3.94. The predicted molar refractivity (Wildman–Crippen MR) is 108 cm³/mol. The molecule has 0 saturated heterocycles. The minimum absolute atomic E-state index is 0.0951. The molecule has 0 aliphatic rings. The summed E-state index contributed by atoms with van der Waals surface area (Å²) in [5, 5.41) is 3.31. The van der Waals surface area contributed by atoms with Crippen molar-refractivity contribution in [2.24, 2.45) is 5.73 Å². The van der Waals surface area contributed by atoms with Crippen LogP contribution in [0, 0.1) is 6.92 Å². The Morgan fingerprint density at radius 3 is 2.61 bits per heavy atom. The lowest BCUT2D eigenvalue weighted by atomic mass is 10.1. The van der Waals surface area contributed by atoms with Gasteiger partial charge in [0.15, 0.2) is 0 Å². The smallest absolute Gasteiger partial charge is 0.341 e. The highest BCUT2D eigenvalue weighted by molar-refractivity contribution is 7.18. The Morgan fingerprint density at radius 2 is 1.96 bits per heavy atom. The highest BCUT2D eigenvalue weighted by atomic mass is 32.1. The van der Waals surface area contributed by atoms with Gasteiger partial charge >= 0.3 is 5.97 Å². The Labute approximate surface area is 167 Å². The van der Waals surface area contributed by atoms with Crippen LogP contribution >= 0.6 is 22.9 Å². The number of anilines is 1. The summed E-state index contributed by atoms with van der Waals surface area (Å²) in [7, 11) is 0. The largest absolute Gasteiger partial charge is 0.462 e. The summed E-state index contributed by atoms with van der Waals surface area (Å²) in [6, 6.07) is 7.07. The minimum Gasteiger partial charge on any atom is -0.462 e. The molecule has 0 aliphatic heterocycles. The van der Waals surface area contributed by atoms with E-state index < -0.39 is 17.8 Å². The van der Waals surface area contributed by atoms with E-state index in [-0.39, 0.29) is 34.2 Å². The maximum atomic E-state index is 12.5. The second kappa shape index (κ2) is 7.95. The van der Waals surface area contributed by atoms with Gasteiger partial charge in [0.25, 0.3) is 11.5 Å². The van der Waals surface area contributed by atoms with Gasteiger partial charge in [0.2, 0.25) is 5.91 Å². The lowest BCUT2D eigenvalue weighted by molar-refractivity contribution is -0.116. The Bertz CT molecular complexity index is 1140. The molecule has 10 heteroatoms. The number of hydrogen-bond acceptors (Lipinski definition) is 7. The van der Waals surface area contributed by atoms with E-state index in [1.54, 1.807) is 32.0 Å². The Hall–Kier alpha value is -2.98. The van der Waals surface area contributed by atoms with Gasteiger partial charge in [-0.1, -0.05) is 23.7 Å². The summed E-state index contributed by atoms with van der Waals surface area (Å²) in [5.74, 6) is -1.86. The number of aromatic nitrogens is 1. The first kappa shape index (κ1) is 19.8. The van der Waals surface area contributed by atoms with Crippen molar-refractivity contribution in [2.75, 3.05) is 11.9 Å². The summed E-state index contributed by atoms with van der Waals surface area (Å²) >= 11 is 2.08. The second-order valence-electron chi connectivity index (χ2n) is 5.82. The van der Waals surface area contributed by atoms with E-state index in [0.717, 1.165) is 16.0 Å². The van der Waals surface area contributed by atoms with Gasteiger partial charge in [0.1, 0.15) is 11.5 Å². The number of rotatable bonds is 6. The molecule has 0 spiro atoms. The number of carbonyl (C=O) groups is 3. The first-order valence-electron chi connectivity index (χ1n) is 8.32. The number of primary amides is 1. The van der Waals surface area contributed by atoms with E-state index in [0.29, 0.717) is 10.9 Å². The van der Waals surface area contributed by atoms with Crippen molar-refractivity contribution < 1.29 is 19.1 Å². The van der Waals surface area contributed by atoms with Gasteiger partial charge < -0.3 is 15.8 Å². The molecule has 2 heterocycles. The van der Waals surface area contributed by atoms with E-state index in [1.165, 1.54) is 15.5 Å². The van der Waals surface area contributed by atoms with Crippen molar-refractivity contribution in [1.82, 2.24) is 3.96 Å². The fraction of sp³-hybridized carbons (Fsp3) is 0.222. The third-order valence-corrected chi connectivity index (χ3v) is 6.23. The molecule has 3 aromatic rings. The number of ether oxygens (including phenoxy) is 1. The molecule has 0 atom stereocenters. The third kappa shape index (κ3) is 3.69. The predicted octanol–water partition coefficient (Wildman–Crippen LogP) is 2.35. The SMILES string of the molecule is CCOC(=O)c1c(NC(=O)Cn2sc3ccccc3c2=O)sc(C(N)=O)c1C. The molecule has 1 aromatic carbocycles. The molecule has 0 bridgehead atoms. The van der Waals surface area contributed by atoms with Crippen molar-refractivity contribution in [1.29, 1.82) is 0 Å². The maximum absolute atomic E-state index is 12.5. The van der Waals surface area contributed by atoms with Crippen LogP contribution in [0.1, 0.15) is 32.5 Å². The van der Waals surface area contributed by atoms with Crippen LogP contribution in [0.15, 0.2) is 29.1 Å². The molecule has 3 rings (SSSR count). The zero-order valence-corrected chi connectivity index (χ0v) is 16.7. The molecule has 0 aliphatic carbocycles. The van der Waals surface area contributed by atoms with Gasteiger partial charge in [-0.25, -0.2) is 4.79 Å². The second-order valence-corrected chi connectivity index (χ2v) is 7.91. The Morgan fingerprint density at radius 1 is 1.25 bits per heavy atom. The van der Waals surface area contributed by atoms with Gasteiger partial charge in [-0.05, 0) is 31.5 Å². The average Bonchev–Trinajstić information content (AvgIpc) is 3.13. The van der Waals surface area contributed by atoms with Gasteiger partial charge in [0, 0.05) is 0 Å². The van der Waals surface area contributed by atoms with Crippen molar-refractivity contribution in [2.45, 2.75) is 20.4 Å². The molecule has 0 unspecified atom stereocenters. The molecule has 0 saturated carbocycles. The van der Waals surface area contributed by atoms with Gasteiger partial charge in [-0.15, -0.1) is 11.3 Å². The normalized spacial score (nSPS) is 10.8. The van der Waals surface area contributed by atoms with E-state index in [1.807, 2.05) is 6.07 Å². The van der Waals surface area contributed by atoms with Gasteiger partial charge in [-0.2, -0.15) is 0 Å². The summed E-state index contributed by atoms with van der Waals surface area (Å²) in [4.78, 5) is 48.9. The molecule has 2 aromatic heterocycles. The van der Waals surface area contributed by atoms with E-state index in [9.17, 15) is 19.2 Å². The molecule has 146 valence electrons. The van der Waals surface area contributed by atoms with Crippen LogP contribution < -0.4 is 16.6 Å². The first-order chi connectivity index (χ1) is 13.3. The number of benzene rings is 1. The summed E-state index contributed by atoms with van der Waals surface area (Å²) in [6.45, 7) is 3.14. The number of nitrogens with zero attached hydrogens (tertiary/aromatic N) is 1. The first-order valence-corrected chi connectivity index (χ1v) is 9.91. The summed E-state index contributed by atoms with van der Waals surface area (Å²) in [5.41, 5.74) is 5.54. The number of carbonyl (C=O) groups excluding carboxylic acids is 3. The highest BCUT2D eigenvalue weighted by Gasteiger charge is 2.26. The van der Waals surface area contributed by atoms with Crippen LogP contribution in [0.3, 0.4) is 0 Å². The number of esters is 1. The van der Waals surface area contributed by atoms with Crippen LogP contribution in [-0.2, 0) is 16.1 Å². The zero-order chi connectivity index (χ0) is 20.4. The molecule has 0 radical (unpaired) electrons. The van der Waals surface area contributed by atoms with Crippen LogP contribution in [0.25, 0.3) is 10.1 Å². The standard InChI is InChI=1S/C18H17N3O5S2/c1-3-26-18(25)13-9(2)14(15(19)23)27-16(13)20-12(22)8-21-17(24)10-6-4-5-7-11(10)28-21/h4-7H,3,8H2,1-2H3,(H2,19,23)(H,20,22). The lowest BCUT2D eigenvalue weighted by Crippen LogP contribution is -2.24. The quantitative estimate of drug-likeness (QED) is 0.594. The minimum atomic E-state index is -0.700. The fourth-order valence-electron chi connectivity index (χ4n) is 2.70. The average molecular weight is 419 g/mol. The van der Waals surface area contributed by atoms with E-state index in [4.69, 9.17) is 10.5 Å². The molecule has 8 nitrogen and oxygen atoms in total. The summed E-state index contributed by atoms with van der Waals surface area (Å²) in [6.07, 6.45) is 0. The lowest BCUT2D eigenvalue weighted by Gasteiger charge is -2.07. The molecule has 28 heavy (non-hydrogen) atoms. The number of thiophene rings is 1. The number of hydrogen-bond donors (Lipinski definition) is 2. The van der Waals surface area contributed by atoms with Crippen molar-refractivity contribution in [3.05, 3.63) is 50.6 Å². The topological polar surface area (TPSA) is 120 Å². The molecular weight excluding hydrogens is 402 g/mol. The molecule has 3 N–H and O–H groups in total. The van der Waals surface area contributed by atoms with Crippen LogP contribution in [-0.4, -0.2) is 28.3 Å². The maximum Gasteiger partial charge on any atom is 0.341 e. The Balaban J connectivity index is 1.89. The fourth-order valence-corrected chi connectivity index (χ4v) is 4.76. The van der Waals surface area contributed by atoms with Crippen LogP contribution in [0.4, 0.5) is 5.00 Å². The van der Waals surface area contributed by atoms with Crippen LogP contribution in [0.5, 0.6) is 0 Å². The number of nitrogens with one attached hydrogen (secondary N) is 1. The van der Waals surface area contributed by atoms with E-state index in [2.05, 4.69) is 5.32 Å². The van der Waals surface area contributed by atoms with Crippen molar-refractivity contribution in [3.63, 3.8) is 0 Å². The molecular formula is C18H17N3O5S2. The number of fused-ring (bicyclic) bond motifs is 1. The van der Waals surface area contributed by atoms with Crippen molar-refractivity contribution in [3.8, 4) is 0 Å². The van der Waals surface area contributed by atoms with E-state index >= 15 is 0 Å². The Kier molecular flexibility index (Phi) is 5.61. The molecule has 0 fully saturated rings. The monoisotopic (exact) mass is 419 g/mol. The number of amides is 2. The molecule has 2 amide bonds. The zero-order valence-electron chi connectivity index (χ0n) is 15.1. The number of nitrogens with two attached hydrogens (primary N) is 1. The van der Waals surface area contributed by atoms with Gasteiger partial charge in [-0.3, -0.25) is 18.3 Å². The summed E-state index contributed by atoms with van der Waals surface area (Å²) < 4.78 is 7.12. The van der Waals surface area contributed by atoms with Crippen molar-refractivity contribution >= 4 is 55.7 Å². The van der Waals surface area contributed by atoms with Crippen LogP contribution in [0.2, 0.25) is 0 Å². The highest BCUT2D eigenvalue weighted by Crippen LogP contribution is 2.33. The van der Waals surface area contributed by atoms with Gasteiger partial charge in [0.05, 0.1) is 27.1 Å².